The summed E-state index contributed by atoms with van der Waals surface area (Å²) in [6, 6.07) is 13.4. The number of hydrogen-bond acceptors (Lipinski definition) is 4. The van der Waals surface area contributed by atoms with E-state index in [-0.39, 0.29) is 12.2 Å². The fourth-order valence-corrected chi connectivity index (χ4v) is 3.25. The van der Waals surface area contributed by atoms with Gasteiger partial charge in [-0.2, -0.15) is 8.78 Å². The van der Waals surface area contributed by atoms with E-state index in [0.29, 0.717) is 32.5 Å². The largest absolute Gasteiger partial charge is 0.472 e. The number of pyridine rings is 1. The van der Waals surface area contributed by atoms with Crippen LogP contribution in [-0.4, -0.2) is 32.1 Å². The van der Waals surface area contributed by atoms with Crippen LogP contribution in [0.4, 0.5) is 13.2 Å². The van der Waals surface area contributed by atoms with E-state index >= 15 is 0 Å². The maximum Gasteiger partial charge on any atom is 0.289 e. The highest BCUT2D eigenvalue weighted by molar-refractivity contribution is 5.92. The summed E-state index contributed by atoms with van der Waals surface area (Å²) in [5, 5.41) is 4.38. The average Bonchev–Trinajstić information content (AvgIpc) is 3.14. The molecule has 0 saturated heterocycles. The number of alkyl halides is 2. The molecule has 2 aromatic heterocycles. The Kier molecular flexibility index (Phi) is 5.19. The van der Waals surface area contributed by atoms with E-state index in [1.54, 1.807) is 10.7 Å². The van der Waals surface area contributed by atoms with Crippen LogP contribution in [0.1, 0.15) is 34.4 Å². The van der Waals surface area contributed by atoms with E-state index in [9.17, 15) is 18.0 Å². The van der Waals surface area contributed by atoms with Crippen molar-refractivity contribution in [2.75, 3.05) is 6.54 Å². The first-order valence-corrected chi connectivity index (χ1v) is 9.39. The summed E-state index contributed by atoms with van der Waals surface area (Å²) in [6.07, 6.45) is 0. The van der Waals surface area contributed by atoms with E-state index in [1.165, 1.54) is 4.90 Å². The lowest BCUT2D eigenvalue weighted by atomic mass is 10.2. The molecule has 0 radical (unpaired) electrons. The first-order chi connectivity index (χ1) is 14.3. The molecule has 1 amide bonds. The van der Waals surface area contributed by atoms with Gasteiger partial charge in [0.25, 0.3) is 11.8 Å². The van der Waals surface area contributed by atoms with Gasteiger partial charge in [0.15, 0.2) is 5.82 Å². The van der Waals surface area contributed by atoms with Crippen LogP contribution in [0.15, 0.2) is 48.5 Å². The third-order valence-corrected chi connectivity index (χ3v) is 4.77. The number of hydrogen-bond donors (Lipinski definition) is 0. The highest BCUT2D eigenvalue weighted by atomic mass is 19.3. The molecule has 4 rings (SSSR count). The minimum atomic E-state index is -3.48. The molecule has 30 heavy (non-hydrogen) atoms. The highest BCUT2D eigenvalue weighted by Crippen LogP contribution is 2.28. The maximum atomic E-state index is 13.7. The summed E-state index contributed by atoms with van der Waals surface area (Å²) < 4.78 is 48.2. The van der Waals surface area contributed by atoms with Crippen molar-refractivity contribution in [3.8, 4) is 5.88 Å². The fraction of sp³-hybridized carbons (Fsp3) is 0.286. The van der Waals surface area contributed by atoms with E-state index in [2.05, 4.69) is 10.1 Å². The molecule has 1 aromatic carbocycles. The summed E-state index contributed by atoms with van der Waals surface area (Å²) in [6.45, 7) is 1.88. The number of aromatic nitrogens is 3. The lowest BCUT2D eigenvalue weighted by Crippen LogP contribution is -2.39. The molecule has 1 aliphatic rings. The number of carbonyl (C=O) groups excluding carboxylic acids is 1. The predicted octanol–water partition coefficient (Wildman–Crippen LogP) is 3.76. The van der Waals surface area contributed by atoms with E-state index in [0.717, 1.165) is 23.4 Å². The van der Waals surface area contributed by atoms with Gasteiger partial charge in [-0.3, -0.25) is 9.48 Å². The minimum Gasteiger partial charge on any atom is -0.472 e. The number of benzene rings is 1. The predicted molar refractivity (Wildman–Crippen MR) is 102 cm³/mol. The van der Waals surface area contributed by atoms with Gasteiger partial charge in [0.1, 0.15) is 18.0 Å². The Labute approximate surface area is 170 Å². The van der Waals surface area contributed by atoms with Gasteiger partial charge in [0.2, 0.25) is 5.88 Å². The Balaban J connectivity index is 1.46. The first kappa shape index (κ1) is 19.9. The second-order valence-electron chi connectivity index (χ2n) is 7.11. The second-order valence-corrected chi connectivity index (χ2v) is 7.11. The van der Waals surface area contributed by atoms with Gasteiger partial charge in [0, 0.05) is 19.5 Å². The summed E-state index contributed by atoms with van der Waals surface area (Å²) in [5.74, 6) is -4.72. The maximum absolute atomic E-state index is 13.7. The van der Waals surface area contributed by atoms with Crippen LogP contribution in [0.2, 0.25) is 0 Å². The van der Waals surface area contributed by atoms with Crippen molar-refractivity contribution in [1.29, 1.82) is 0 Å². The zero-order valence-electron chi connectivity index (χ0n) is 16.2. The van der Waals surface area contributed by atoms with Crippen molar-refractivity contribution in [3.63, 3.8) is 0 Å². The molecule has 0 unspecified atom stereocenters. The van der Waals surface area contributed by atoms with E-state index in [4.69, 9.17) is 4.74 Å². The van der Waals surface area contributed by atoms with Crippen LogP contribution in [0.25, 0.3) is 0 Å². The van der Waals surface area contributed by atoms with Crippen LogP contribution in [0, 0.1) is 5.82 Å². The number of rotatable bonds is 5. The van der Waals surface area contributed by atoms with Gasteiger partial charge in [-0.05, 0) is 17.7 Å². The zero-order chi connectivity index (χ0) is 21.3. The summed E-state index contributed by atoms with van der Waals surface area (Å²) in [5.41, 5.74) is 0.500. The Morgan fingerprint density at radius 3 is 2.67 bits per heavy atom. The average molecular weight is 416 g/mol. The van der Waals surface area contributed by atoms with Crippen molar-refractivity contribution >= 4 is 5.91 Å². The Bertz CT molecular complexity index is 1060. The normalized spacial score (nSPS) is 13.8. The molecular formula is C21H19F3N4O2. The van der Waals surface area contributed by atoms with Crippen molar-refractivity contribution in [3.05, 3.63) is 77.0 Å². The number of fused-ring (bicyclic) bond motifs is 1. The quantitative estimate of drug-likeness (QED) is 0.636. The third-order valence-electron chi connectivity index (χ3n) is 4.77. The molecule has 0 fully saturated rings. The van der Waals surface area contributed by atoms with E-state index < -0.39 is 23.3 Å². The highest BCUT2D eigenvalue weighted by Gasteiger charge is 2.32. The molecule has 156 valence electrons. The molecule has 0 N–H and O–H groups in total. The fourth-order valence-electron chi connectivity index (χ4n) is 3.25. The van der Waals surface area contributed by atoms with Crippen molar-refractivity contribution < 1.29 is 22.7 Å². The van der Waals surface area contributed by atoms with Crippen molar-refractivity contribution in [2.45, 2.75) is 32.5 Å². The summed E-state index contributed by atoms with van der Waals surface area (Å²) in [4.78, 5) is 17.8. The lowest BCUT2D eigenvalue weighted by Gasteiger charge is -2.27. The Morgan fingerprint density at radius 1 is 1.17 bits per heavy atom. The van der Waals surface area contributed by atoms with E-state index in [1.807, 2.05) is 30.3 Å². The number of carbonyl (C=O) groups is 1. The first-order valence-electron chi connectivity index (χ1n) is 9.39. The van der Waals surface area contributed by atoms with Gasteiger partial charge >= 0.3 is 0 Å². The SMILES string of the molecule is CC(F)(F)c1nc(C(=O)N2CCn3nc(OCc4ccccc4)cc3C2)ccc1F. The smallest absolute Gasteiger partial charge is 0.289 e. The van der Waals surface area contributed by atoms with Crippen molar-refractivity contribution in [1.82, 2.24) is 19.7 Å². The summed E-state index contributed by atoms with van der Waals surface area (Å²) in [7, 11) is 0. The number of ether oxygens (including phenoxy) is 1. The standard InChI is InChI=1S/C21H19F3N4O2/c1-21(23,24)19-16(22)7-8-17(25-19)20(29)27-9-10-28-15(12-27)11-18(26-28)30-13-14-5-3-2-4-6-14/h2-8,11H,9-10,12-13H2,1H3. The van der Waals surface area contributed by atoms with Crippen LogP contribution >= 0.6 is 0 Å². The molecule has 0 saturated carbocycles. The Hall–Kier alpha value is -3.36. The molecular weight excluding hydrogens is 397 g/mol. The van der Waals surface area contributed by atoms with Gasteiger partial charge in [-0.25, -0.2) is 9.37 Å². The number of halogens is 3. The second kappa shape index (κ2) is 7.81. The number of amides is 1. The molecule has 0 atom stereocenters. The lowest BCUT2D eigenvalue weighted by molar-refractivity contribution is 0.00852. The van der Waals surface area contributed by atoms with Crippen LogP contribution < -0.4 is 4.74 Å². The zero-order valence-corrected chi connectivity index (χ0v) is 16.2. The summed E-state index contributed by atoms with van der Waals surface area (Å²) >= 11 is 0. The molecule has 3 heterocycles. The van der Waals surface area contributed by atoms with Crippen LogP contribution in [0.3, 0.4) is 0 Å². The van der Waals surface area contributed by atoms with Crippen LogP contribution in [-0.2, 0) is 25.6 Å². The molecule has 9 heteroatoms. The molecule has 0 aliphatic carbocycles. The minimum absolute atomic E-state index is 0.220. The topological polar surface area (TPSA) is 60.2 Å². The molecule has 0 spiro atoms. The Morgan fingerprint density at radius 2 is 1.93 bits per heavy atom. The number of nitrogens with zero attached hydrogens (tertiary/aromatic N) is 4. The molecule has 0 bridgehead atoms. The van der Waals surface area contributed by atoms with Crippen molar-refractivity contribution in [2.24, 2.45) is 0 Å². The molecule has 1 aliphatic heterocycles. The van der Waals surface area contributed by atoms with Gasteiger partial charge in [0.05, 0.1) is 18.8 Å². The monoisotopic (exact) mass is 416 g/mol. The van der Waals surface area contributed by atoms with Crippen LogP contribution in [0.5, 0.6) is 5.88 Å². The molecule has 3 aromatic rings. The van der Waals surface area contributed by atoms with Gasteiger partial charge < -0.3 is 9.64 Å². The third kappa shape index (κ3) is 4.14. The molecule has 6 nitrogen and oxygen atoms in total. The van der Waals surface area contributed by atoms with Gasteiger partial charge in [-0.1, -0.05) is 30.3 Å². The van der Waals surface area contributed by atoms with Gasteiger partial charge in [-0.15, -0.1) is 5.10 Å².